The van der Waals surface area contributed by atoms with Gasteiger partial charge in [-0.15, -0.1) is 0 Å². The number of benzene rings is 2. The van der Waals surface area contributed by atoms with Gasteiger partial charge >= 0.3 is 5.97 Å². The van der Waals surface area contributed by atoms with Crippen LogP contribution in [0.2, 0.25) is 0 Å². The molecule has 2 heterocycles. The van der Waals surface area contributed by atoms with Crippen molar-refractivity contribution < 1.29 is 14.6 Å². The molecule has 4 rings (SSSR count). The van der Waals surface area contributed by atoms with E-state index >= 15 is 0 Å². The highest BCUT2D eigenvalue weighted by Gasteiger charge is 2.15. The number of hydrogen-bond acceptors (Lipinski definition) is 4. The summed E-state index contributed by atoms with van der Waals surface area (Å²) in [6.45, 7) is 11.3. The third-order valence-corrected chi connectivity index (χ3v) is 6.46. The highest BCUT2D eigenvalue weighted by Crippen LogP contribution is 2.26. The van der Waals surface area contributed by atoms with Crippen LogP contribution in [0.5, 0.6) is 5.75 Å². The molecule has 0 radical (unpaired) electrons. The van der Waals surface area contributed by atoms with Gasteiger partial charge in [-0.1, -0.05) is 44.5 Å². The molecule has 0 aliphatic rings. The van der Waals surface area contributed by atoms with Crippen molar-refractivity contribution in [2.45, 2.75) is 67.0 Å². The predicted octanol–water partition coefficient (Wildman–Crippen LogP) is 6.20. The van der Waals surface area contributed by atoms with Crippen LogP contribution in [0.1, 0.15) is 70.0 Å². The van der Waals surface area contributed by atoms with Crippen LogP contribution >= 0.6 is 0 Å². The van der Waals surface area contributed by atoms with Gasteiger partial charge in [-0.05, 0) is 73.2 Å². The van der Waals surface area contributed by atoms with Gasteiger partial charge in [0.05, 0.1) is 12.1 Å². The first-order chi connectivity index (χ1) is 16.8. The van der Waals surface area contributed by atoms with Gasteiger partial charge in [-0.2, -0.15) is 0 Å². The van der Waals surface area contributed by atoms with E-state index < -0.39 is 5.97 Å². The van der Waals surface area contributed by atoms with Gasteiger partial charge < -0.3 is 14.4 Å². The van der Waals surface area contributed by atoms with Crippen LogP contribution < -0.4 is 4.74 Å². The average Bonchev–Trinajstić information content (AvgIpc) is 3.17. The Morgan fingerprint density at radius 3 is 2.54 bits per heavy atom. The molecule has 35 heavy (non-hydrogen) atoms. The smallest absolute Gasteiger partial charge is 0.335 e. The molecule has 0 fully saturated rings. The van der Waals surface area contributed by atoms with Crippen LogP contribution in [0.3, 0.4) is 0 Å². The fraction of sp³-hybridized carbons (Fsp3) is 0.345. The van der Waals surface area contributed by atoms with Crippen LogP contribution in [-0.4, -0.2) is 25.6 Å². The molecular formula is C29H33N3O3. The molecule has 0 saturated heterocycles. The van der Waals surface area contributed by atoms with Crippen molar-refractivity contribution in [3.63, 3.8) is 0 Å². The van der Waals surface area contributed by atoms with E-state index in [0.29, 0.717) is 18.7 Å². The van der Waals surface area contributed by atoms with Crippen LogP contribution in [0, 0.1) is 20.8 Å². The van der Waals surface area contributed by atoms with Crippen LogP contribution in [0.15, 0.2) is 42.5 Å². The Balaban J connectivity index is 1.63. The third kappa shape index (κ3) is 5.06. The van der Waals surface area contributed by atoms with Gasteiger partial charge in [-0.25, -0.2) is 14.8 Å². The normalized spacial score (nSPS) is 11.2. The predicted molar refractivity (Wildman–Crippen MR) is 138 cm³/mol. The summed E-state index contributed by atoms with van der Waals surface area (Å²) < 4.78 is 8.43. The maximum absolute atomic E-state index is 11.5. The van der Waals surface area contributed by atoms with E-state index in [1.165, 1.54) is 5.56 Å². The third-order valence-electron chi connectivity index (χ3n) is 6.46. The van der Waals surface area contributed by atoms with Crippen molar-refractivity contribution >= 4 is 17.1 Å². The maximum Gasteiger partial charge on any atom is 0.335 e. The molecule has 0 amide bonds. The zero-order chi connectivity index (χ0) is 25.1. The zero-order valence-electron chi connectivity index (χ0n) is 21.2. The second-order valence-electron chi connectivity index (χ2n) is 9.10. The van der Waals surface area contributed by atoms with Crippen molar-refractivity contribution in [2.75, 3.05) is 0 Å². The Morgan fingerprint density at radius 1 is 1.03 bits per heavy atom. The zero-order valence-corrected chi connectivity index (χ0v) is 21.2. The molecule has 6 nitrogen and oxygen atoms in total. The minimum absolute atomic E-state index is 0.314. The fourth-order valence-electron chi connectivity index (χ4n) is 4.63. The van der Waals surface area contributed by atoms with E-state index in [0.717, 1.165) is 69.9 Å². The molecule has 0 saturated carbocycles. The van der Waals surface area contributed by atoms with Crippen molar-refractivity contribution in [3.8, 4) is 5.75 Å². The maximum atomic E-state index is 11.5. The average molecular weight is 472 g/mol. The standard InChI is InChI=1S/C29H33N3O3/c1-6-9-22-15-21(16-32-26(7-2)31-27-18(3)14-19(4)30-28(27)32)12-13-25(22)35-17-23-10-8-11-24(20(23)5)29(33)34/h8,10-15H,6-7,9,16-17H2,1-5H3,(H,33,34). The summed E-state index contributed by atoms with van der Waals surface area (Å²) in [6, 6.07) is 13.7. The topological polar surface area (TPSA) is 77.2 Å². The van der Waals surface area contributed by atoms with Crippen LogP contribution in [0.25, 0.3) is 11.2 Å². The molecule has 0 aliphatic carbocycles. The number of aryl methyl sites for hydroxylation is 4. The van der Waals surface area contributed by atoms with Gasteiger partial charge in [0, 0.05) is 12.1 Å². The number of carboxylic acid groups (broad SMARTS) is 1. The lowest BCUT2D eigenvalue weighted by Gasteiger charge is -2.16. The van der Waals surface area contributed by atoms with Gasteiger partial charge in [0.1, 0.15) is 23.7 Å². The first-order valence-electron chi connectivity index (χ1n) is 12.2. The summed E-state index contributed by atoms with van der Waals surface area (Å²) in [5, 5.41) is 9.41. The molecule has 0 spiro atoms. The number of rotatable bonds is 9. The van der Waals surface area contributed by atoms with E-state index in [2.05, 4.69) is 43.5 Å². The lowest BCUT2D eigenvalue weighted by atomic mass is 10.0. The number of nitrogens with zero attached hydrogens (tertiary/aromatic N) is 3. The van der Waals surface area contributed by atoms with E-state index in [1.807, 2.05) is 26.0 Å². The molecule has 2 aromatic carbocycles. The summed E-state index contributed by atoms with van der Waals surface area (Å²) in [6.07, 6.45) is 2.74. The largest absolute Gasteiger partial charge is 0.489 e. The van der Waals surface area contributed by atoms with Gasteiger partial charge in [0.25, 0.3) is 0 Å². The molecule has 0 bridgehead atoms. The second kappa shape index (κ2) is 10.3. The van der Waals surface area contributed by atoms with Gasteiger partial charge in [0.15, 0.2) is 5.65 Å². The van der Waals surface area contributed by atoms with E-state index in [-0.39, 0.29) is 0 Å². The first-order valence-corrected chi connectivity index (χ1v) is 12.2. The van der Waals surface area contributed by atoms with Crippen molar-refractivity contribution in [1.82, 2.24) is 14.5 Å². The molecular weight excluding hydrogens is 438 g/mol. The number of aromatic nitrogens is 3. The molecule has 182 valence electrons. The molecule has 2 aromatic heterocycles. The van der Waals surface area contributed by atoms with Gasteiger partial charge in [0.2, 0.25) is 0 Å². The summed E-state index contributed by atoms with van der Waals surface area (Å²) in [5.74, 6) is 0.956. The fourth-order valence-corrected chi connectivity index (χ4v) is 4.63. The van der Waals surface area contributed by atoms with Crippen molar-refractivity contribution in [3.05, 3.63) is 87.4 Å². The number of hydrogen-bond donors (Lipinski definition) is 1. The van der Waals surface area contributed by atoms with Crippen LogP contribution in [0.4, 0.5) is 0 Å². The van der Waals surface area contributed by atoms with E-state index in [1.54, 1.807) is 12.1 Å². The molecule has 0 unspecified atom stereocenters. The number of ether oxygens (including phenoxy) is 1. The highest BCUT2D eigenvalue weighted by molar-refractivity contribution is 5.89. The van der Waals surface area contributed by atoms with E-state index in [4.69, 9.17) is 14.7 Å². The number of carboxylic acids is 1. The summed E-state index contributed by atoms with van der Waals surface area (Å²) in [4.78, 5) is 21.1. The highest BCUT2D eigenvalue weighted by atomic mass is 16.5. The molecule has 1 N–H and O–H groups in total. The lowest BCUT2D eigenvalue weighted by molar-refractivity contribution is 0.0696. The number of imidazole rings is 1. The summed E-state index contributed by atoms with van der Waals surface area (Å²) >= 11 is 0. The number of pyridine rings is 1. The summed E-state index contributed by atoms with van der Waals surface area (Å²) in [5.41, 5.74) is 8.32. The minimum atomic E-state index is -0.918. The van der Waals surface area contributed by atoms with E-state index in [9.17, 15) is 9.90 Å². The monoisotopic (exact) mass is 471 g/mol. The van der Waals surface area contributed by atoms with Crippen molar-refractivity contribution in [1.29, 1.82) is 0 Å². The molecule has 4 aromatic rings. The van der Waals surface area contributed by atoms with Gasteiger partial charge in [-0.3, -0.25) is 0 Å². The Morgan fingerprint density at radius 2 is 1.83 bits per heavy atom. The Labute approximate surface area is 206 Å². The molecule has 6 heteroatoms. The number of carbonyl (C=O) groups is 1. The number of fused-ring (bicyclic) bond motifs is 1. The Bertz CT molecular complexity index is 1390. The Kier molecular flexibility index (Phi) is 7.20. The Hall–Kier alpha value is -3.67. The quantitative estimate of drug-likeness (QED) is 0.315. The number of aromatic carboxylic acids is 1. The molecule has 0 atom stereocenters. The van der Waals surface area contributed by atoms with Crippen LogP contribution in [-0.2, 0) is 26.0 Å². The minimum Gasteiger partial charge on any atom is -0.489 e. The molecule has 0 aliphatic heterocycles. The summed E-state index contributed by atoms with van der Waals surface area (Å²) in [7, 11) is 0. The second-order valence-corrected chi connectivity index (χ2v) is 9.10. The van der Waals surface area contributed by atoms with Crippen molar-refractivity contribution in [2.24, 2.45) is 0 Å². The SMILES string of the molecule is CCCc1cc(Cn2c(CC)nc3c(C)cc(C)nc32)ccc1OCc1cccc(C(=O)O)c1C. The lowest BCUT2D eigenvalue weighted by Crippen LogP contribution is -2.08. The first kappa shape index (κ1) is 24.5.